The van der Waals surface area contributed by atoms with Crippen LogP contribution in [0, 0.1) is 0 Å². The second-order valence-corrected chi connectivity index (χ2v) is 4.72. The number of pyridine rings is 1. The highest BCUT2D eigenvalue weighted by Gasteiger charge is 2.16. The number of nitrogens with one attached hydrogen (secondary N) is 2. The van der Waals surface area contributed by atoms with Crippen molar-refractivity contribution in [3.8, 4) is 5.88 Å². The Hall–Kier alpha value is -1.78. The molecule has 0 saturated heterocycles. The molecule has 2 N–H and O–H groups in total. The van der Waals surface area contributed by atoms with E-state index in [0.29, 0.717) is 24.2 Å². The summed E-state index contributed by atoms with van der Waals surface area (Å²) in [6, 6.07) is 3.68. The topological polar surface area (TPSA) is 63.2 Å². The largest absolute Gasteiger partial charge is 0.476 e. The maximum atomic E-state index is 11.9. The average molecular weight is 263 g/mol. The first-order valence-corrected chi connectivity index (χ1v) is 6.95. The Kier molecular flexibility index (Phi) is 5.01. The van der Waals surface area contributed by atoms with Crippen molar-refractivity contribution in [2.75, 3.05) is 11.9 Å². The molecule has 0 bridgehead atoms. The Bertz CT molecular complexity index is 417. The molecule has 1 aliphatic rings. The summed E-state index contributed by atoms with van der Waals surface area (Å²) in [5, 5.41) is 5.81. The van der Waals surface area contributed by atoms with E-state index < -0.39 is 0 Å². The molecule has 0 aliphatic heterocycles. The molecule has 0 radical (unpaired) electrons. The molecule has 1 fully saturated rings. The maximum Gasteiger partial charge on any atom is 0.319 e. The number of hydrogen-bond acceptors (Lipinski definition) is 3. The fourth-order valence-corrected chi connectivity index (χ4v) is 2.33. The molecule has 0 aromatic carbocycles. The van der Waals surface area contributed by atoms with Crippen LogP contribution in [0.2, 0.25) is 0 Å². The van der Waals surface area contributed by atoms with Gasteiger partial charge in [-0.05, 0) is 31.9 Å². The summed E-state index contributed by atoms with van der Waals surface area (Å²) in [7, 11) is 0. The zero-order valence-corrected chi connectivity index (χ0v) is 11.3. The highest BCUT2D eigenvalue weighted by molar-refractivity contribution is 5.90. The third-order valence-electron chi connectivity index (χ3n) is 3.24. The standard InChI is InChI=1S/C14H21N3O2/c1-2-19-13-12(9-6-10-15-13)17-14(18)16-11-7-4-3-5-8-11/h6,9-11H,2-5,7-8H2,1H3,(H2,16,17,18). The van der Waals surface area contributed by atoms with Crippen LogP contribution in [0.3, 0.4) is 0 Å². The summed E-state index contributed by atoms with van der Waals surface area (Å²) >= 11 is 0. The van der Waals surface area contributed by atoms with Crippen LogP contribution < -0.4 is 15.4 Å². The lowest BCUT2D eigenvalue weighted by atomic mass is 9.96. The van der Waals surface area contributed by atoms with Crippen molar-refractivity contribution in [1.82, 2.24) is 10.3 Å². The lowest BCUT2D eigenvalue weighted by molar-refractivity contribution is 0.244. The Balaban J connectivity index is 1.90. The monoisotopic (exact) mass is 263 g/mol. The van der Waals surface area contributed by atoms with Crippen LogP contribution in [-0.4, -0.2) is 23.7 Å². The predicted molar refractivity (Wildman–Crippen MR) is 74.4 cm³/mol. The van der Waals surface area contributed by atoms with Crippen molar-refractivity contribution < 1.29 is 9.53 Å². The minimum Gasteiger partial charge on any atom is -0.476 e. The van der Waals surface area contributed by atoms with E-state index in [1.807, 2.05) is 6.92 Å². The van der Waals surface area contributed by atoms with Gasteiger partial charge in [0, 0.05) is 12.2 Å². The molecule has 1 heterocycles. The SMILES string of the molecule is CCOc1ncccc1NC(=O)NC1CCCCC1. The number of urea groups is 1. The van der Waals surface area contributed by atoms with Gasteiger partial charge in [-0.2, -0.15) is 0 Å². The molecule has 5 nitrogen and oxygen atoms in total. The number of hydrogen-bond donors (Lipinski definition) is 2. The second-order valence-electron chi connectivity index (χ2n) is 4.72. The third kappa shape index (κ3) is 4.12. The van der Waals surface area contributed by atoms with Gasteiger partial charge in [0.1, 0.15) is 5.69 Å². The number of amides is 2. The molecule has 1 aromatic rings. The van der Waals surface area contributed by atoms with Crippen molar-refractivity contribution in [2.24, 2.45) is 0 Å². The summed E-state index contributed by atoms with van der Waals surface area (Å²) < 4.78 is 5.37. The van der Waals surface area contributed by atoms with E-state index in [0.717, 1.165) is 12.8 Å². The van der Waals surface area contributed by atoms with Crippen molar-refractivity contribution >= 4 is 11.7 Å². The molecule has 5 heteroatoms. The predicted octanol–water partition coefficient (Wildman–Crippen LogP) is 2.93. The van der Waals surface area contributed by atoms with E-state index in [9.17, 15) is 4.79 Å². The number of ether oxygens (including phenoxy) is 1. The first-order valence-electron chi connectivity index (χ1n) is 6.95. The second kappa shape index (κ2) is 6.97. The molecule has 1 aromatic heterocycles. The first kappa shape index (κ1) is 13.6. The quantitative estimate of drug-likeness (QED) is 0.878. The van der Waals surface area contributed by atoms with Crippen LogP contribution in [0.5, 0.6) is 5.88 Å². The van der Waals surface area contributed by atoms with Gasteiger partial charge in [-0.25, -0.2) is 9.78 Å². The van der Waals surface area contributed by atoms with Gasteiger partial charge in [-0.3, -0.25) is 0 Å². The first-order chi connectivity index (χ1) is 9.29. The van der Waals surface area contributed by atoms with Crippen LogP contribution in [0.4, 0.5) is 10.5 Å². The molecule has 0 atom stereocenters. The molecule has 104 valence electrons. The molecular formula is C14H21N3O2. The van der Waals surface area contributed by atoms with Crippen molar-refractivity contribution in [1.29, 1.82) is 0 Å². The van der Waals surface area contributed by atoms with Gasteiger partial charge in [-0.1, -0.05) is 19.3 Å². The number of carbonyl (C=O) groups is 1. The van der Waals surface area contributed by atoms with E-state index in [4.69, 9.17) is 4.74 Å². The Morgan fingerprint density at radius 3 is 2.95 bits per heavy atom. The number of rotatable bonds is 4. The molecule has 2 rings (SSSR count). The molecule has 0 spiro atoms. The van der Waals surface area contributed by atoms with Gasteiger partial charge in [0.2, 0.25) is 5.88 Å². The van der Waals surface area contributed by atoms with Crippen molar-refractivity contribution in [3.63, 3.8) is 0 Å². The highest BCUT2D eigenvalue weighted by Crippen LogP contribution is 2.21. The Labute approximate surface area is 113 Å². The molecule has 1 aliphatic carbocycles. The number of anilines is 1. The normalized spacial score (nSPS) is 15.8. The van der Waals surface area contributed by atoms with Crippen LogP contribution in [-0.2, 0) is 0 Å². The van der Waals surface area contributed by atoms with E-state index >= 15 is 0 Å². The third-order valence-corrected chi connectivity index (χ3v) is 3.24. The van der Waals surface area contributed by atoms with Gasteiger partial charge in [0.05, 0.1) is 6.61 Å². The minimum atomic E-state index is -0.180. The van der Waals surface area contributed by atoms with E-state index in [2.05, 4.69) is 15.6 Å². The summed E-state index contributed by atoms with van der Waals surface area (Å²) in [5.41, 5.74) is 0.609. The lowest BCUT2D eigenvalue weighted by Crippen LogP contribution is -2.39. The van der Waals surface area contributed by atoms with Crippen molar-refractivity contribution in [3.05, 3.63) is 18.3 Å². The van der Waals surface area contributed by atoms with Gasteiger partial charge >= 0.3 is 6.03 Å². The highest BCUT2D eigenvalue weighted by atomic mass is 16.5. The van der Waals surface area contributed by atoms with Crippen molar-refractivity contribution in [2.45, 2.75) is 45.1 Å². The van der Waals surface area contributed by atoms with Crippen LogP contribution in [0.15, 0.2) is 18.3 Å². The Morgan fingerprint density at radius 1 is 1.42 bits per heavy atom. The molecule has 1 saturated carbocycles. The molecule has 19 heavy (non-hydrogen) atoms. The lowest BCUT2D eigenvalue weighted by Gasteiger charge is -2.23. The van der Waals surface area contributed by atoms with Gasteiger partial charge in [-0.15, -0.1) is 0 Å². The van der Waals surface area contributed by atoms with E-state index in [-0.39, 0.29) is 6.03 Å². The Morgan fingerprint density at radius 2 is 2.21 bits per heavy atom. The molecule has 2 amide bonds. The van der Waals surface area contributed by atoms with Gasteiger partial charge in [0.25, 0.3) is 0 Å². The number of nitrogens with zero attached hydrogens (tertiary/aromatic N) is 1. The number of aromatic nitrogens is 1. The summed E-state index contributed by atoms with van der Waals surface area (Å²) in [6.07, 6.45) is 7.45. The van der Waals surface area contributed by atoms with Crippen LogP contribution in [0.25, 0.3) is 0 Å². The summed E-state index contributed by atoms with van der Waals surface area (Å²) in [4.78, 5) is 16.0. The van der Waals surface area contributed by atoms with E-state index in [1.165, 1.54) is 19.3 Å². The summed E-state index contributed by atoms with van der Waals surface area (Å²) in [5.74, 6) is 0.462. The zero-order chi connectivity index (χ0) is 13.5. The smallest absolute Gasteiger partial charge is 0.319 e. The minimum absolute atomic E-state index is 0.180. The molecular weight excluding hydrogens is 242 g/mol. The molecule has 0 unspecified atom stereocenters. The maximum absolute atomic E-state index is 11.9. The fourth-order valence-electron chi connectivity index (χ4n) is 2.33. The zero-order valence-electron chi connectivity index (χ0n) is 11.3. The van der Waals surface area contributed by atoms with E-state index in [1.54, 1.807) is 18.3 Å². The summed E-state index contributed by atoms with van der Waals surface area (Å²) in [6.45, 7) is 2.41. The van der Waals surface area contributed by atoms with Gasteiger partial charge < -0.3 is 15.4 Å². The van der Waals surface area contributed by atoms with Crippen LogP contribution >= 0.6 is 0 Å². The fraction of sp³-hybridized carbons (Fsp3) is 0.571. The van der Waals surface area contributed by atoms with Crippen LogP contribution in [0.1, 0.15) is 39.0 Å². The number of carbonyl (C=O) groups excluding carboxylic acids is 1. The average Bonchev–Trinajstić information content (AvgIpc) is 2.42. The van der Waals surface area contributed by atoms with Gasteiger partial charge in [0.15, 0.2) is 0 Å².